The number of carbonyl (C=O) groups is 2. The second kappa shape index (κ2) is 5.40. The summed E-state index contributed by atoms with van der Waals surface area (Å²) in [7, 11) is 0. The lowest BCUT2D eigenvalue weighted by Gasteiger charge is -2.20. The third-order valence-electron chi connectivity index (χ3n) is 2.78. The Hall–Kier alpha value is -1.62. The van der Waals surface area contributed by atoms with Crippen molar-refractivity contribution in [3.05, 3.63) is 34.4 Å². The Morgan fingerprint density at radius 3 is 2.60 bits per heavy atom. The van der Waals surface area contributed by atoms with E-state index >= 15 is 0 Å². The van der Waals surface area contributed by atoms with Crippen LogP contribution in [-0.4, -0.2) is 22.5 Å². The van der Waals surface area contributed by atoms with Gasteiger partial charge in [0.1, 0.15) is 11.9 Å². The van der Waals surface area contributed by atoms with Gasteiger partial charge in [0, 0.05) is 11.8 Å². The van der Waals surface area contributed by atoms with Crippen LogP contribution in [0.3, 0.4) is 0 Å². The summed E-state index contributed by atoms with van der Waals surface area (Å²) < 4.78 is 7.44. The SMILES string of the molecule is CC(C)(C)OC(=O)n1c(Br)c(CC=O)c2ccccc21. The lowest BCUT2D eigenvalue weighted by molar-refractivity contribution is -0.107. The molecular formula is C15H16BrNO3. The molecular weight excluding hydrogens is 322 g/mol. The molecule has 0 amide bonds. The number of para-hydroxylation sites is 1. The van der Waals surface area contributed by atoms with Crippen molar-refractivity contribution in [1.29, 1.82) is 0 Å². The molecule has 0 unspecified atom stereocenters. The van der Waals surface area contributed by atoms with Gasteiger partial charge in [-0.3, -0.25) is 0 Å². The van der Waals surface area contributed by atoms with Crippen molar-refractivity contribution >= 4 is 39.2 Å². The van der Waals surface area contributed by atoms with Crippen molar-refractivity contribution in [2.24, 2.45) is 0 Å². The number of aldehydes is 1. The molecule has 1 heterocycles. The monoisotopic (exact) mass is 337 g/mol. The minimum Gasteiger partial charge on any atom is -0.443 e. The third kappa shape index (κ3) is 2.77. The Bertz CT molecular complexity index is 668. The van der Waals surface area contributed by atoms with Crippen molar-refractivity contribution in [1.82, 2.24) is 4.57 Å². The average Bonchev–Trinajstić information content (AvgIpc) is 2.61. The first-order valence-electron chi connectivity index (χ1n) is 6.30. The Kier molecular flexibility index (Phi) is 3.99. The van der Waals surface area contributed by atoms with E-state index in [0.29, 0.717) is 4.60 Å². The first kappa shape index (κ1) is 14.8. The van der Waals surface area contributed by atoms with Crippen LogP contribution in [0.4, 0.5) is 4.79 Å². The molecule has 0 radical (unpaired) electrons. The van der Waals surface area contributed by atoms with Gasteiger partial charge in [0.05, 0.1) is 10.1 Å². The molecule has 0 aliphatic heterocycles. The topological polar surface area (TPSA) is 48.3 Å². The average molecular weight is 338 g/mol. The number of benzene rings is 1. The molecule has 0 aliphatic rings. The highest BCUT2D eigenvalue weighted by Crippen LogP contribution is 2.31. The summed E-state index contributed by atoms with van der Waals surface area (Å²) in [5.74, 6) is 0. The minimum absolute atomic E-state index is 0.247. The van der Waals surface area contributed by atoms with Crippen LogP contribution in [0.1, 0.15) is 26.3 Å². The van der Waals surface area contributed by atoms with Gasteiger partial charge in [-0.05, 0) is 48.3 Å². The van der Waals surface area contributed by atoms with Crippen LogP contribution >= 0.6 is 15.9 Å². The van der Waals surface area contributed by atoms with E-state index in [1.54, 1.807) is 0 Å². The lowest BCUT2D eigenvalue weighted by Crippen LogP contribution is -2.27. The van der Waals surface area contributed by atoms with Crippen LogP contribution in [0.25, 0.3) is 10.9 Å². The van der Waals surface area contributed by atoms with E-state index in [9.17, 15) is 9.59 Å². The summed E-state index contributed by atoms with van der Waals surface area (Å²) in [6, 6.07) is 7.45. The Morgan fingerprint density at radius 2 is 2.00 bits per heavy atom. The maximum atomic E-state index is 12.3. The van der Waals surface area contributed by atoms with E-state index in [1.807, 2.05) is 45.0 Å². The Morgan fingerprint density at radius 1 is 1.35 bits per heavy atom. The number of carbonyl (C=O) groups excluding carboxylic acids is 2. The molecule has 0 aliphatic carbocycles. The van der Waals surface area contributed by atoms with E-state index in [2.05, 4.69) is 15.9 Å². The molecule has 0 spiro atoms. The van der Waals surface area contributed by atoms with E-state index < -0.39 is 11.7 Å². The fraction of sp³-hybridized carbons (Fsp3) is 0.333. The summed E-state index contributed by atoms with van der Waals surface area (Å²) >= 11 is 3.41. The molecule has 0 atom stereocenters. The van der Waals surface area contributed by atoms with Crippen LogP contribution in [0.15, 0.2) is 28.9 Å². The molecule has 20 heavy (non-hydrogen) atoms. The number of fused-ring (bicyclic) bond motifs is 1. The largest absolute Gasteiger partial charge is 0.443 e. The molecule has 0 bridgehead atoms. The first-order valence-corrected chi connectivity index (χ1v) is 7.09. The van der Waals surface area contributed by atoms with Crippen LogP contribution in [0.5, 0.6) is 0 Å². The van der Waals surface area contributed by atoms with E-state index in [0.717, 1.165) is 22.8 Å². The van der Waals surface area contributed by atoms with E-state index in [4.69, 9.17) is 4.74 Å². The Labute approximate surface area is 125 Å². The summed E-state index contributed by atoms with van der Waals surface area (Å²) in [6.45, 7) is 5.45. The van der Waals surface area contributed by atoms with Gasteiger partial charge in [0.2, 0.25) is 0 Å². The number of aromatic nitrogens is 1. The van der Waals surface area contributed by atoms with Gasteiger partial charge in [-0.1, -0.05) is 18.2 Å². The predicted octanol–water partition coefficient (Wildman–Crippen LogP) is 3.93. The van der Waals surface area contributed by atoms with Gasteiger partial charge in [-0.2, -0.15) is 0 Å². The fourth-order valence-electron chi connectivity index (χ4n) is 2.04. The number of rotatable bonds is 2. The molecule has 1 aromatic heterocycles. The predicted molar refractivity (Wildman–Crippen MR) is 81.0 cm³/mol. The summed E-state index contributed by atoms with van der Waals surface area (Å²) in [4.78, 5) is 23.2. The van der Waals surface area contributed by atoms with Crippen molar-refractivity contribution in [2.75, 3.05) is 0 Å². The number of nitrogens with zero attached hydrogens (tertiary/aromatic N) is 1. The van der Waals surface area contributed by atoms with Crippen molar-refractivity contribution in [3.8, 4) is 0 Å². The first-order chi connectivity index (χ1) is 9.35. The van der Waals surface area contributed by atoms with Crippen LogP contribution < -0.4 is 0 Å². The second-order valence-electron chi connectivity index (χ2n) is 5.47. The molecule has 1 aromatic carbocycles. The van der Waals surface area contributed by atoms with Crippen LogP contribution in [-0.2, 0) is 16.0 Å². The Balaban J connectivity index is 2.61. The number of ether oxygens (including phenoxy) is 1. The van der Waals surface area contributed by atoms with Gasteiger partial charge in [-0.15, -0.1) is 0 Å². The standard InChI is InChI=1S/C15H16BrNO3/c1-15(2,3)20-14(19)17-12-7-5-4-6-10(12)11(8-9-18)13(17)16/h4-7,9H,8H2,1-3H3. The lowest BCUT2D eigenvalue weighted by atomic mass is 10.1. The van der Waals surface area contributed by atoms with Crippen LogP contribution in [0.2, 0.25) is 0 Å². The van der Waals surface area contributed by atoms with Gasteiger partial charge < -0.3 is 9.53 Å². The van der Waals surface area contributed by atoms with E-state index in [1.165, 1.54) is 4.57 Å². The molecule has 4 nitrogen and oxygen atoms in total. The quantitative estimate of drug-likeness (QED) is 0.780. The smallest absolute Gasteiger partial charge is 0.419 e. The zero-order valence-corrected chi connectivity index (χ0v) is 13.2. The summed E-state index contributed by atoms with van der Waals surface area (Å²) in [6.07, 6.45) is 0.612. The number of hydrogen-bond donors (Lipinski definition) is 0. The highest BCUT2D eigenvalue weighted by atomic mass is 79.9. The molecule has 0 saturated carbocycles. The molecule has 0 saturated heterocycles. The third-order valence-corrected chi connectivity index (χ3v) is 3.61. The summed E-state index contributed by atoms with van der Waals surface area (Å²) in [5, 5.41) is 0.873. The molecule has 0 fully saturated rings. The molecule has 2 rings (SSSR count). The molecule has 106 valence electrons. The van der Waals surface area contributed by atoms with E-state index in [-0.39, 0.29) is 6.42 Å². The summed E-state index contributed by atoms with van der Waals surface area (Å²) in [5.41, 5.74) is 0.944. The highest BCUT2D eigenvalue weighted by Gasteiger charge is 2.24. The van der Waals surface area contributed by atoms with Crippen molar-refractivity contribution in [3.63, 3.8) is 0 Å². The van der Waals surface area contributed by atoms with Gasteiger partial charge in [0.25, 0.3) is 0 Å². The van der Waals surface area contributed by atoms with Gasteiger partial charge >= 0.3 is 6.09 Å². The van der Waals surface area contributed by atoms with Gasteiger partial charge in [0.15, 0.2) is 0 Å². The number of halogens is 1. The maximum Gasteiger partial charge on any atom is 0.419 e. The fourth-order valence-corrected chi connectivity index (χ4v) is 2.75. The van der Waals surface area contributed by atoms with Crippen molar-refractivity contribution < 1.29 is 14.3 Å². The molecule has 2 aromatic rings. The second-order valence-corrected chi connectivity index (χ2v) is 6.22. The van der Waals surface area contributed by atoms with Gasteiger partial charge in [-0.25, -0.2) is 9.36 Å². The number of hydrogen-bond acceptors (Lipinski definition) is 3. The molecule has 5 heteroatoms. The van der Waals surface area contributed by atoms with Crippen LogP contribution in [0, 0.1) is 0 Å². The zero-order chi connectivity index (χ0) is 14.9. The molecule has 0 N–H and O–H groups in total. The normalized spacial score (nSPS) is 11.6. The van der Waals surface area contributed by atoms with Crippen molar-refractivity contribution in [2.45, 2.75) is 32.8 Å². The minimum atomic E-state index is -0.577. The zero-order valence-electron chi connectivity index (χ0n) is 11.6. The highest BCUT2D eigenvalue weighted by molar-refractivity contribution is 9.10. The maximum absolute atomic E-state index is 12.3.